The number of methoxy groups -OCH3 is 1. The molecule has 1 aromatic carbocycles. The molecular formula is C25H30F6N2O7. The molecule has 3 N–H and O–H groups in total. The Balaban J connectivity index is 0.000000333. The van der Waals surface area contributed by atoms with E-state index in [-0.39, 0.29) is 5.60 Å². The van der Waals surface area contributed by atoms with E-state index in [0.717, 1.165) is 57.8 Å². The highest BCUT2D eigenvalue weighted by atomic mass is 19.4. The summed E-state index contributed by atoms with van der Waals surface area (Å²) in [6, 6.07) is 10.8. The summed E-state index contributed by atoms with van der Waals surface area (Å²) in [6.07, 6.45) is -3.49. The average Bonchev–Trinajstić information content (AvgIpc) is 3.40. The van der Waals surface area contributed by atoms with Crippen molar-refractivity contribution in [3.05, 3.63) is 54.0 Å². The number of ether oxygens (including phenoxy) is 2. The molecule has 224 valence electrons. The Labute approximate surface area is 225 Å². The number of benzene rings is 1. The van der Waals surface area contributed by atoms with E-state index in [1.54, 1.807) is 13.4 Å². The third-order valence-corrected chi connectivity index (χ3v) is 6.19. The number of hydrogen-bond acceptors (Lipinski definition) is 7. The molecule has 2 aliphatic heterocycles. The second-order valence-electron chi connectivity index (χ2n) is 9.03. The molecule has 1 saturated heterocycles. The van der Waals surface area contributed by atoms with Crippen LogP contribution in [0.25, 0.3) is 0 Å². The minimum absolute atomic E-state index is 0.0635. The highest BCUT2D eigenvalue weighted by molar-refractivity contribution is 5.73. The Bertz CT molecular complexity index is 1040. The van der Waals surface area contributed by atoms with Crippen LogP contribution in [0.2, 0.25) is 0 Å². The second-order valence-corrected chi connectivity index (χ2v) is 9.03. The lowest BCUT2D eigenvalue weighted by molar-refractivity contribution is -0.193. The summed E-state index contributed by atoms with van der Waals surface area (Å²) < 4.78 is 80.5. The Morgan fingerprint density at radius 3 is 2.12 bits per heavy atom. The topological polar surface area (TPSA) is 121 Å². The van der Waals surface area contributed by atoms with Crippen LogP contribution in [0.1, 0.15) is 36.4 Å². The van der Waals surface area contributed by atoms with Crippen molar-refractivity contribution in [2.24, 2.45) is 0 Å². The molecule has 1 spiro atoms. The number of piperidine rings is 1. The molecule has 0 bridgehead atoms. The van der Waals surface area contributed by atoms with Crippen LogP contribution in [0.15, 0.2) is 47.3 Å². The van der Waals surface area contributed by atoms with Crippen molar-refractivity contribution in [1.82, 2.24) is 10.2 Å². The molecule has 3 heterocycles. The molecule has 2 aromatic rings. The van der Waals surface area contributed by atoms with Crippen LogP contribution < -0.4 is 10.1 Å². The average molecular weight is 585 g/mol. The summed E-state index contributed by atoms with van der Waals surface area (Å²) in [7, 11) is 1.77. The van der Waals surface area contributed by atoms with Crippen LogP contribution in [0.3, 0.4) is 0 Å². The number of carboxylic acid groups (broad SMARTS) is 2. The number of carboxylic acids is 2. The summed E-state index contributed by atoms with van der Waals surface area (Å²) in [4.78, 5) is 20.3. The van der Waals surface area contributed by atoms with Gasteiger partial charge in [0, 0.05) is 56.9 Å². The molecule has 1 fully saturated rings. The first-order chi connectivity index (χ1) is 18.7. The van der Waals surface area contributed by atoms with Gasteiger partial charge in [0.1, 0.15) is 11.4 Å². The van der Waals surface area contributed by atoms with Crippen molar-refractivity contribution < 1.29 is 60.0 Å². The highest BCUT2D eigenvalue weighted by Crippen LogP contribution is 2.44. The van der Waals surface area contributed by atoms with Crippen molar-refractivity contribution in [2.75, 3.05) is 33.4 Å². The maximum atomic E-state index is 10.6. The smallest absolute Gasteiger partial charge is 0.487 e. The van der Waals surface area contributed by atoms with Gasteiger partial charge in [-0.2, -0.15) is 26.3 Å². The standard InChI is InChI=1S/C21H28N2O3.2C2HF3O2/c1-24-13-11-23-9-7-21(8-10-23)14-19(22-15-17-6-12-25-16-17)18-4-2-3-5-20(18)26-21;2*3-2(4,5)1(6)7/h2-6,12,16,19,22H,7-11,13-15H2,1H3;2*(H,6,7). The van der Waals surface area contributed by atoms with Gasteiger partial charge in [-0.3, -0.25) is 0 Å². The molecule has 1 aromatic heterocycles. The lowest BCUT2D eigenvalue weighted by Crippen LogP contribution is -2.52. The van der Waals surface area contributed by atoms with Gasteiger partial charge in [0.05, 0.1) is 19.1 Å². The van der Waals surface area contributed by atoms with Crippen LogP contribution in [0, 0.1) is 0 Å². The molecule has 0 saturated carbocycles. The number of halogens is 6. The molecule has 0 amide bonds. The lowest BCUT2D eigenvalue weighted by Gasteiger charge is -2.47. The molecule has 1 unspecified atom stereocenters. The van der Waals surface area contributed by atoms with Crippen molar-refractivity contribution >= 4 is 11.9 Å². The quantitative estimate of drug-likeness (QED) is 0.417. The number of furan rings is 1. The first-order valence-electron chi connectivity index (χ1n) is 12.0. The molecule has 15 heteroatoms. The Morgan fingerprint density at radius 2 is 1.62 bits per heavy atom. The monoisotopic (exact) mass is 584 g/mol. The van der Waals surface area contributed by atoms with Crippen LogP contribution >= 0.6 is 0 Å². The summed E-state index contributed by atoms with van der Waals surface area (Å²) >= 11 is 0. The van der Waals surface area contributed by atoms with E-state index in [9.17, 15) is 26.3 Å². The molecule has 2 aliphatic rings. The minimum Gasteiger partial charge on any atom is -0.487 e. The van der Waals surface area contributed by atoms with Gasteiger partial charge in [0.15, 0.2) is 0 Å². The van der Waals surface area contributed by atoms with E-state index in [4.69, 9.17) is 33.7 Å². The predicted octanol–water partition coefficient (Wildman–Crippen LogP) is 4.64. The van der Waals surface area contributed by atoms with Gasteiger partial charge in [-0.15, -0.1) is 0 Å². The number of rotatable bonds is 6. The molecule has 40 heavy (non-hydrogen) atoms. The van der Waals surface area contributed by atoms with E-state index >= 15 is 0 Å². The van der Waals surface area contributed by atoms with Crippen molar-refractivity contribution in [1.29, 1.82) is 0 Å². The first kappa shape index (κ1) is 32.9. The zero-order valence-corrected chi connectivity index (χ0v) is 21.4. The van der Waals surface area contributed by atoms with Gasteiger partial charge in [0.2, 0.25) is 0 Å². The first-order valence-corrected chi connectivity index (χ1v) is 12.0. The number of hydrogen-bond donors (Lipinski definition) is 3. The summed E-state index contributed by atoms with van der Waals surface area (Å²) in [6.45, 7) is 4.75. The lowest BCUT2D eigenvalue weighted by atomic mass is 9.80. The number of para-hydroxylation sites is 1. The SMILES string of the molecule is COCCN1CCC2(CC1)CC(NCc1ccoc1)c1ccccc1O2.O=C(O)C(F)(F)F.O=C(O)C(F)(F)F. The zero-order chi connectivity index (χ0) is 30.0. The van der Waals surface area contributed by atoms with Gasteiger partial charge in [-0.05, 0) is 25.0 Å². The minimum atomic E-state index is -5.08. The molecule has 0 aliphatic carbocycles. The van der Waals surface area contributed by atoms with Gasteiger partial charge < -0.3 is 34.3 Å². The third kappa shape index (κ3) is 10.4. The number of carbonyl (C=O) groups is 2. The summed E-state index contributed by atoms with van der Waals surface area (Å²) in [5, 5.41) is 18.0. The van der Waals surface area contributed by atoms with Gasteiger partial charge >= 0.3 is 24.3 Å². The fourth-order valence-corrected chi connectivity index (χ4v) is 4.15. The van der Waals surface area contributed by atoms with Crippen LogP contribution in [0.4, 0.5) is 26.3 Å². The zero-order valence-electron chi connectivity index (χ0n) is 21.4. The number of fused-ring (bicyclic) bond motifs is 1. The van der Waals surface area contributed by atoms with Gasteiger partial charge in [-0.25, -0.2) is 9.59 Å². The highest BCUT2D eigenvalue weighted by Gasteiger charge is 2.43. The summed E-state index contributed by atoms with van der Waals surface area (Å²) in [5.74, 6) is -4.48. The number of nitrogens with one attached hydrogen (secondary N) is 1. The van der Waals surface area contributed by atoms with E-state index in [1.165, 1.54) is 11.1 Å². The molecular weight excluding hydrogens is 554 g/mol. The van der Waals surface area contributed by atoms with Crippen LogP contribution in [0.5, 0.6) is 5.75 Å². The van der Waals surface area contributed by atoms with Crippen molar-refractivity contribution in [3.8, 4) is 5.75 Å². The molecule has 9 nitrogen and oxygen atoms in total. The maximum Gasteiger partial charge on any atom is 0.490 e. The van der Waals surface area contributed by atoms with E-state index < -0.39 is 24.3 Å². The summed E-state index contributed by atoms with van der Waals surface area (Å²) in [5.41, 5.74) is 2.38. The predicted molar refractivity (Wildman–Crippen MR) is 128 cm³/mol. The molecule has 0 radical (unpaired) electrons. The van der Waals surface area contributed by atoms with Crippen molar-refractivity contribution in [3.63, 3.8) is 0 Å². The Morgan fingerprint density at radius 1 is 1.05 bits per heavy atom. The van der Waals surface area contributed by atoms with Gasteiger partial charge in [0.25, 0.3) is 0 Å². The van der Waals surface area contributed by atoms with E-state index in [2.05, 4.69) is 34.5 Å². The number of likely N-dealkylation sites (tertiary alicyclic amines) is 1. The van der Waals surface area contributed by atoms with Crippen molar-refractivity contribution in [2.45, 2.75) is 49.8 Å². The second kappa shape index (κ2) is 14.4. The van der Waals surface area contributed by atoms with E-state index in [1.807, 2.05) is 12.3 Å². The normalized spacial score (nSPS) is 18.3. The Kier molecular flexibility index (Phi) is 11.8. The molecule has 4 rings (SSSR count). The fraction of sp³-hybridized carbons (Fsp3) is 0.520. The number of aliphatic carboxylic acids is 2. The van der Waals surface area contributed by atoms with E-state index in [0.29, 0.717) is 6.04 Å². The largest absolute Gasteiger partial charge is 0.490 e. The third-order valence-electron chi connectivity index (χ3n) is 6.19. The fourth-order valence-electron chi connectivity index (χ4n) is 4.15. The van der Waals surface area contributed by atoms with Gasteiger partial charge in [-0.1, -0.05) is 18.2 Å². The number of nitrogens with zero attached hydrogens (tertiary/aromatic N) is 1. The Hall–Kier alpha value is -3.30. The van der Waals surface area contributed by atoms with Crippen LogP contribution in [-0.4, -0.2) is 78.4 Å². The molecule has 1 atom stereocenters. The number of alkyl halides is 6. The maximum absolute atomic E-state index is 10.6. The van der Waals surface area contributed by atoms with Crippen LogP contribution in [-0.2, 0) is 20.9 Å².